The molecule has 1 heterocycles. The van der Waals surface area contributed by atoms with Gasteiger partial charge < -0.3 is 10.1 Å². The molecule has 2 aromatic carbocycles. The van der Waals surface area contributed by atoms with Crippen LogP contribution in [0, 0.1) is 6.92 Å². The van der Waals surface area contributed by atoms with E-state index >= 15 is 0 Å². The molecule has 0 radical (unpaired) electrons. The van der Waals surface area contributed by atoms with Crippen LogP contribution in [-0.4, -0.2) is 23.0 Å². The summed E-state index contributed by atoms with van der Waals surface area (Å²) < 4.78 is 4.67. The van der Waals surface area contributed by atoms with Crippen molar-refractivity contribution in [2.75, 3.05) is 12.4 Å². The van der Waals surface area contributed by atoms with Gasteiger partial charge in [0.15, 0.2) is 0 Å². The summed E-state index contributed by atoms with van der Waals surface area (Å²) in [5.41, 5.74) is 3.36. The Labute approximate surface area is 150 Å². The molecule has 6 nitrogen and oxygen atoms in total. The fraction of sp³-hybridized carbons (Fsp3) is 0.150. The van der Waals surface area contributed by atoms with Crippen molar-refractivity contribution in [1.29, 1.82) is 0 Å². The molecule has 1 aromatic heterocycles. The highest BCUT2D eigenvalue weighted by atomic mass is 16.5. The topological polar surface area (TPSA) is 84.1 Å². The first-order valence-corrected chi connectivity index (χ1v) is 8.16. The molecule has 0 aliphatic carbocycles. The number of aromatic amines is 1. The Bertz CT molecular complexity index is 964. The number of benzene rings is 2. The molecule has 0 saturated heterocycles. The largest absolute Gasteiger partial charge is 0.465 e. The van der Waals surface area contributed by atoms with Gasteiger partial charge >= 0.3 is 5.97 Å². The van der Waals surface area contributed by atoms with Crippen LogP contribution < -0.4 is 10.9 Å². The number of esters is 1. The lowest BCUT2D eigenvalue weighted by Gasteiger charge is -2.10. The lowest BCUT2D eigenvalue weighted by Crippen LogP contribution is -2.18. The minimum atomic E-state index is -0.399. The number of nitrogens with one attached hydrogen (secondary N) is 2. The molecule has 0 spiro atoms. The van der Waals surface area contributed by atoms with Gasteiger partial charge in [-0.2, -0.15) is 0 Å². The minimum Gasteiger partial charge on any atom is -0.465 e. The highest BCUT2D eigenvalue weighted by Crippen LogP contribution is 2.15. The Morgan fingerprint density at radius 2 is 1.81 bits per heavy atom. The van der Waals surface area contributed by atoms with E-state index in [1.165, 1.54) is 7.11 Å². The monoisotopic (exact) mass is 349 g/mol. The van der Waals surface area contributed by atoms with Crippen molar-refractivity contribution in [3.05, 3.63) is 87.3 Å². The third-order valence-electron chi connectivity index (χ3n) is 4.01. The van der Waals surface area contributed by atoms with Gasteiger partial charge in [-0.1, -0.05) is 30.3 Å². The number of hydrogen-bond donors (Lipinski definition) is 2. The second-order valence-electron chi connectivity index (χ2n) is 5.83. The van der Waals surface area contributed by atoms with E-state index in [0.717, 1.165) is 5.56 Å². The summed E-state index contributed by atoms with van der Waals surface area (Å²) in [6.45, 7) is 1.82. The van der Waals surface area contributed by atoms with Crippen LogP contribution in [0.4, 0.5) is 11.6 Å². The van der Waals surface area contributed by atoms with Crippen LogP contribution in [0.1, 0.15) is 27.2 Å². The Hall–Kier alpha value is -3.41. The van der Waals surface area contributed by atoms with Crippen LogP contribution >= 0.6 is 0 Å². The Morgan fingerprint density at radius 3 is 2.42 bits per heavy atom. The Balaban J connectivity index is 1.79. The van der Waals surface area contributed by atoms with E-state index in [0.29, 0.717) is 34.9 Å². The predicted octanol–water partition coefficient (Wildman–Crippen LogP) is 3.20. The van der Waals surface area contributed by atoms with Crippen molar-refractivity contribution in [2.45, 2.75) is 13.3 Å². The zero-order valence-electron chi connectivity index (χ0n) is 14.6. The molecule has 0 aliphatic rings. The zero-order chi connectivity index (χ0) is 18.5. The maximum absolute atomic E-state index is 12.4. The first-order chi connectivity index (χ1) is 12.6. The van der Waals surface area contributed by atoms with Crippen LogP contribution in [0.15, 0.2) is 59.4 Å². The van der Waals surface area contributed by atoms with Gasteiger partial charge in [0.1, 0.15) is 0 Å². The number of hydrogen-bond acceptors (Lipinski definition) is 5. The van der Waals surface area contributed by atoms with Gasteiger partial charge in [0.05, 0.1) is 18.4 Å². The second-order valence-corrected chi connectivity index (χ2v) is 5.83. The van der Waals surface area contributed by atoms with Crippen LogP contribution in [0.25, 0.3) is 0 Å². The van der Waals surface area contributed by atoms with Gasteiger partial charge in [-0.3, -0.25) is 9.78 Å². The lowest BCUT2D eigenvalue weighted by atomic mass is 10.1. The van der Waals surface area contributed by atoms with Crippen molar-refractivity contribution in [2.24, 2.45) is 0 Å². The summed E-state index contributed by atoms with van der Waals surface area (Å²) in [6, 6.07) is 16.5. The normalized spacial score (nSPS) is 10.4. The molecule has 0 amide bonds. The molecule has 3 aromatic rings. The van der Waals surface area contributed by atoms with Gasteiger partial charge in [-0.15, -0.1) is 0 Å². The number of anilines is 2. The molecular weight excluding hydrogens is 330 g/mol. The smallest absolute Gasteiger partial charge is 0.337 e. The highest BCUT2D eigenvalue weighted by molar-refractivity contribution is 5.89. The standard InChI is InChI=1S/C20H19N3O3/c1-13-17(12-14-6-4-3-5-7-14)18(24)23-20(21-13)22-16-10-8-15(9-11-16)19(25)26-2/h3-11H,12H2,1-2H3,(H2,21,22,23,24). The molecular formula is C20H19N3O3. The van der Waals surface area contributed by atoms with E-state index in [1.807, 2.05) is 37.3 Å². The van der Waals surface area contributed by atoms with Gasteiger partial charge in [-0.25, -0.2) is 9.78 Å². The summed E-state index contributed by atoms with van der Waals surface area (Å²) in [5.74, 6) is -0.0423. The number of carbonyl (C=O) groups is 1. The maximum Gasteiger partial charge on any atom is 0.337 e. The van der Waals surface area contributed by atoms with E-state index in [2.05, 4.69) is 20.0 Å². The number of H-pyrrole nitrogens is 1. The summed E-state index contributed by atoms with van der Waals surface area (Å²) in [4.78, 5) is 31.1. The number of ether oxygens (including phenoxy) is 1. The molecule has 26 heavy (non-hydrogen) atoms. The van der Waals surface area contributed by atoms with Crippen LogP contribution in [0.3, 0.4) is 0 Å². The molecule has 0 atom stereocenters. The van der Waals surface area contributed by atoms with Crippen LogP contribution in [-0.2, 0) is 11.2 Å². The molecule has 3 rings (SSSR count). The van der Waals surface area contributed by atoms with Gasteiger partial charge in [0, 0.05) is 17.7 Å². The SMILES string of the molecule is COC(=O)c1ccc(Nc2nc(C)c(Cc3ccccc3)c(=O)[nH]2)cc1. The first kappa shape index (κ1) is 17.4. The number of aryl methyl sites for hydroxylation is 1. The average Bonchev–Trinajstić information content (AvgIpc) is 2.65. The number of carbonyl (C=O) groups excluding carboxylic acids is 1. The van der Waals surface area contributed by atoms with E-state index in [-0.39, 0.29) is 5.56 Å². The first-order valence-electron chi connectivity index (χ1n) is 8.16. The van der Waals surface area contributed by atoms with Crippen molar-refractivity contribution in [3.8, 4) is 0 Å². The summed E-state index contributed by atoms with van der Waals surface area (Å²) in [6.07, 6.45) is 0.531. The molecule has 0 aliphatic heterocycles. The molecule has 6 heteroatoms. The van der Waals surface area contributed by atoms with Crippen molar-refractivity contribution in [1.82, 2.24) is 9.97 Å². The average molecular weight is 349 g/mol. The Morgan fingerprint density at radius 1 is 1.12 bits per heavy atom. The van der Waals surface area contributed by atoms with E-state index in [9.17, 15) is 9.59 Å². The number of methoxy groups -OCH3 is 1. The minimum absolute atomic E-state index is 0.171. The second kappa shape index (κ2) is 7.65. The Kier molecular flexibility index (Phi) is 5.12. The third-order valence-corrected chi connectivity index (χ3v) is 4.01. The number of aromatic nitrogens is 2. The molecule has 0 unspecified atom stereocenters. The number of rotatable bonds is 5. The van der Waals surface area contributed by atoms with Crippen molar-refractivity contribution < 1.29 is 9.53 Å². The van der Waals surface area contributed by atoms with E-state index in [1.54, 1.807) is 24.3 Å². The lowest BCUT2D eigenvalue weighted by molar-refractivity contribution is 0.0601. The molecule has 2 N–H and O–H groups in total. The molecule has 0 bridgehead atoms. The fourth-order valence-electron chi connectivity index (χ4n) is 2.62. The maximum atomic E-state index is 12.4. The van der Waals surface area contributed by atoms with Gasteiger partial charge in [0.2, 0.25) is 5.95 Å². The molecule has 0 saturated carbocycles. The number of nitrogens with zero attached hydrogens (tertiary/aromatic N) is 1. The third kappa shape index (κ3) is 3.97. The quantitative estimate of drug-likeness (QED) is 0.691. The van der Waals surface area contributed by atoms with E-state index < -0.39 is 5.97 Å². The summed E-state index contributed by atoms with van der Waals surface area (Å²) in [5, 5.41) is 3.04. The van der Waals surface area contributed by atoms with Gasteiger partial charge in [-0.05, 0) is 36.8 Å². The highest BCUT2D eigenvalue weighted by Gasteiger charge is 2.10. The van der Waals surface area contributed by atoms with Crippen molar-refractivity contribution >= 4 is 17.6 Å². The van der Waals surface area contributed by atoms with E-state index in [4.69, 9.17) is 0 Å². The van der Waals surface area contributed by atoms with Gasteiger partial charge in [0.25, 0.3) is 5.56 Å². The fourth-order valence-corrected chi connectivity index (χ4v) is 2.62. The van der Waals surface area contributed by atoms with Crippen LogP contribution in [0.2, 0.25) is 0 Å². The molecule has 132 valence electrons. The van der Waals surface area contributed by atoms with Crippen molar-refractivity contribution in [3.63, 3.8) is 0 Å². The summed E-state index contributed by atoms with van der Waals surface area (Å²) in [7, 11) is 1.34. The van der Waals surface area contributed by atoms with Crippen LogP contribution in [0.5, 0.6) is 0 Å². The summed E-state index contributed by atoms with van der Waals surface area (Å²) >= 11 is 0. The molecule has 0 fully saturated rings. The predicted molar refractivity (Wildman–Crippen MR) is 99.9 cm³/mol. The zero-order valence-corrected chi connectivity index (χ0v) is 14.6.